The van der Waals surface area contributed by atoms with Crippen LogP contribution in [0.1, 0.15) is 35.7 Å². The molecular weight excluding hydrogens is 276 g/mol. The molecule has 0 aliphatic rings. The molecule has 2 aromatic rings. The zero-order valence-electron chi connectivity index (χ0n) is 13.0. The first-order chi connectivity index (χ1) is 10.6. The zero-order chi connectivity index (χ0) is 15.9. The number of rotatable bonds is 6. The molecule has 22 heavy (non-hydrogen) atoms. The van der Waals surface area contributed by atoms with E-state index < -0.39 is 0 Å². The molecule has 0 aliphatic heterocycles. The summed E-state index contributed by atoms with van der Waals surface area (Å²) in [6, 6.07) is 9.95. The molecule has 0 bridgehead atoms. The number of nitrogens with one attached hydrogen (secondary N) is 1. The fourth-order valence-electron chi connectivity index (χ4n) is 2.27. The van der Waals surface area contributed by atoms with Gasteiger partial charge < -0.3 is 10.4 Å². The number of benzene rings is 1. The van der Waals surface area contributed by atoms with E-state index in [0.717, 1.165) is 17.5 Å². The lowest BCUT2D eigenvalue weighted by Crippen LogP contribution is -2.35. The smallest absolute Gasteiger partial charge is 0.253 e. The van der Waals surface area contributed by atoms with E-state index in [4.69, 9.17) is 5.11 Å². The number of hydrogen-bond donors (Lipinski definition) is 2. The molecule has 2 N–H and O–H groups in total. The molecule has 2 rings (SSSR count). The highest BCUT2D eigenvalue weighted by Crippen LogP contribution is 2.20. The Morgan fingerprint density at radius 1 is 1.23 bits per heavy atom. The van der Waals surface area contributed by atoms with Gasteiger partial charge in [0.2, 0.25) is 0 Å². The molecule has 4 heteroatoms. The summed E-state index contributed by atoms with van der Waals surface area (Å²) in [5.74, 6) is -0.151. The molecule has 1 atom stereocenters. The van der Waals surface area contributed by atoms with Crippen molar-refractivity contribution in [2.75, 3.05) is 6.61 Å². The minimum Gasteiger partial charge on any atom is -0.396 e. The van der Waals surface area contributed by atoms with Gasteiger partial charge in [-0.3, -0.25) is 9.78 Å². The van der Waals surface area contributed by atoms with E-state index in [1.54, 1.807) is 12.4 Å². The highest BCUT2D eigenvalue weighted by Gasteiger charge is 2.13. The molecule has 116 valence electrons. The van der Waals surface area contributed by atoms with E-state index >= 15 is 0 Å². The molecule has 0 spiro atoms. The van der Waals surface area contributed by atoms with Crippen LogP contribution in [0.4, 0.5) is 0 Å². The minimum absolute atomic E-state index is 0.0134. The number of aliphatic hydroxyl groups is 1. The van der Waals surface area contributed by atoms with E-state index in [2.05, 4.69) is 10.3 Å². The highest BCUT2D eigenvalue weighted by molar-refractivity contribution is 5.95. The molecule has 1 unspecified atom stereocenters. The Bertz CT molecular complexity index is 623. The van der Waals surface area contributed by atoms with Crippen LogP contribution >= 0.6 is 0 Å². The van der Waals surface area contributed by atoms with Gasteiger partial charge in [-0.15, -0.1) is 0 Å². The van der Waals surface area contributed by atoms with Crippen LogP contribution in [0.25, 0.3) is 11.1 Å². The van der Waals surface area contributed by atoms with E-state index in [1.165, 1.54) is 5.56 Å². The van der Waals surface area contributed by atoms with Gasteiger partial charge in [0.15, 0.2) is 0 Å². The lowest BCUT2D eigenvalue weighted by Gasteiger charge is -2.15. The zero-order valence-corrected chi connectivity index (χ0v) is 13.0. The molecule has 4 nitrogen and oxygen atoms in total. The van der Waals surface area contributed by atoms with Crippen molar-refractivity contribution < 1.29 is 9.90 Å². The summed E-state index contributed by atoms with van der Waals surface area (Å²) in [7, 11) is 0. The van der Waals surface area contributed by atoms with E-state index in [0.29, 0.717) is 12.0 Å². The number of nitrogens with zero attached hydrogens (tertiary/aromatic N) is 1. The van der Waals surface area contributed by atoms with Crippen LogP contribution in [-0.2, 0) is 0 Å². The fourth-order valence-corrected chi connectivity index (χ4v) is 2.27. The van der Waals surface area contributed by atoms with Crippen molar-refractivity contribution in [2.45, 2.75) is 32.7 Å². The Labute approximate surface area is 131 Å². The van der Waals surface area contributed by atoms with Crippen LogP contribution in [0.2, 0.25) is 0 Å². The number of hydrogen-bond acceptors (Lipinski definition) is 3. The van der Waals surface area contributed by atoms with Crippen LogP contribution in [0.15, 0.2) is 42.7 Å². The molecule has 1 heterocycles. The third-order valence-corrected chi connectivity index (χ3v) is 3.69. The summed E-state index contributed by atoms with van der Waals surface area (Å²) in [5, 5.41) is 11.9. The molecule has 0 aliphatic carbocycles. The molecule has 0 radical (unpaired) electrons. The minimum atomic E-state index is -0.151. The standard InChI is InChI=1S/C18H22N2O2/c1-3-17(8-9-21)20-18(22)16-10-15(11-19-12-16)14-6-4-13(2)5-7-14/h4-7,10-12,17,21H,3,8-9H2,1-2H3,(H,20,22). The first kappa shape index (κ1) is 16.2. The average Bonchev–Trinajstić information content (AvgIpc) is 2.55. The van der Waals surface area contributed by atoms with Gasteiger partial charge in [0.1, 0.15) is 0 Å². The monoisotopic (exact) mass is 298 g/mol. The fraction of sp³-hybridized carbons (Fsp3) is 0.333. The Morgan fingerprint density at radius 2 is 1.95 bits per heavy atom. The Kier molecular flexibility index (Phi) is 5.67. The van der Waals surface area contributed by atoms with Crippen molar-refractivity contribution in [3.8, 4) is 11.1 Å². The SMILES string of the molecule is CCC(CCO)NC(=O)c1cncc(-c2ccc(C)cc2)c1. The van der Waals surface area contributed by atoms with E-state index in [9.17, 15) is 4.79 Å². The highest BCUT2D eigenvalue weighted by atomic mass is 16.3. The van der Waals surface area contributed by atoms with Gasteiger partial charge in [-0.25, -0.2) is 0 Å². The summed E-state index contributed by atoms with van der Waals surface area (Å²) < 4.78 is 0. The van der Waals surface area contributed by atoms with Gasteiger partial charge >= 0.3 is 0 Å². The van der Waals surface area contributed by atoms with Gasteiger partial charge in [-0.05, 0) is 31.4 Å². The van der Waals surface area contributed by atoms with E-state index in [1.807, 2.05) is 44.2 Å². The molecular formula is C18H22N2O2. The van der Waals surface area contributed by atoms with Crippen LogP contribution in [-0.4, -0.2) is 28.6 Å². The third-order valence-electron chi connectivity index (χ3n) is 3.69. The maximum absolute atomic E-state index is 12.3. The predicted octanol–water partition coefficient (Wildman–Crippen LogP) is 2.95. The average molecular weight is 298 g/mol. The maximum atomic E-state index is 12.3. The van der Waals surface area contributed by atoms with Gasteiger partial charge in [0, 0.05) is 30.6 Å². The van der Waals surface area contributed by atoms with Crippen molar-refractivity contribution in [3.05, 3.63) is 53.9 Å². The number of aromatic nitrogens is 1. The first-order valence-corrected chi connectivity index (χ1v) is 7.58. The van der Waals surface area contributed by atoms with Crippen LogP contribution in [0, 0.1) is 6.92 Å². The second-order valence-corrected chi connectivity index (χ2v) is 5.42. The normalized spacial score (nSPS) is 12.0. The Morgan fingerprint density at radius 3 is 2.59 bits per heavy atom. The predicted molar refractivity (Wildman–Crippen MR) is 87.7 cm³/mol. The van der Waals surface area contributed by atoms with Crippen molar-refractivity contribution in [3.63, 3.8) is 0 Å². The van der Waals surface area contributed by atoms with Crippen molar-refractivity contribution in [2.24, 2.45) is 0 Å². The molecule has 1 aromatic heterocycles. The van der Waals surface area contributed by atoms with Crippen molar-refractivity contribution in [1.82, 2.24) is 10.3 Å². The lowest BCUT2D eigenvalue weighted by molar-refractivity contribution is 0.0929. The summed E-state index contributed by atoms with van der Waals surface area (Å²) in [4.78, 5) is 16.5. The van der Waals surface area contributed by atoms with Gasteiger partial charge in [0.25, 0.3) is 5.91 Å². The summed E-state index contributed by atoms with van der Waals surface area (Å²) in [6.45, 7) is 4.10. The molecule has 0 saturated carbocycles. The molecule has 0 fully saturated rings. The number of aryl methyl sites for hydroxylation is 1. The van der Waals surface area contributed by atoms with Crippen LogP contribution < -0.4 is 5.32 Å². The van der Waals surface area contributed by atoms with E-state index in [-0.39, 0.29) is 18.6 Å². The number of pyridine rings is 1. The summed E-state index contributed by atoms with van der Waals surface area (Å²) in [6.07, 6.45) is 4.68. The van der Waals surface area contributed by atoms with Gasteiger partial charge in [-0.2, -0.15) is 0 Å². The largest absolute Gasteiger partial charge is 0.396 e. The quantitative estimate of drug-likeness (QED) is 0.862. The summed E-state index contributed by atoms with van der Waals surface area (Å²) in [5.41, 5.74) is 3.69. The maximum Gasteiger partial charge on any atom is 0.253 e. The molecule has 0 saturated heterocycles. The molecule has 1 amide bonds. The number of aliphatic hydroxyl groups excluding tert-OH is 1. The second kappa shape index (κ2) is 7.71. The van der Waals surface area contributed by atoms with Crippen LogP contribution in [0.5, 0.6) is 0 Å². The number of carbonyl (C=O) groups excluding carboxylic acids is 1. The Balaban J connectivity index is 2.17. The first-order valence-electron chi connectivity index (χ1n) is 7.58. The number of amides is 1. The van der Waals surface area contributed by atoms with Gasteiger partial charge in [-0.1, -0.05) is 36.8 Å². The van der Waals surface area contributed by atoms with Crippen molar-refractivity contribution >= 4 is 5.91 Å². The van der Waals surface area contributed by atoms with Gasteiger partial charge in [0.05, 0.1) is 5.56 Å². The summed E-state index contributed by atoms with van der Waals surface area (Å²) >= 11 is 0. The lowest BCUT2D eigenvalue weighted by atomic mass is 10.0. The third kappa shape index (κ3) is 4.15. The number of carbonyl (C=O) groups is 1. The second-order valence-electron chi connectivity index (χ2n) is 5.42. The molecule has 1 aromatic carbocycles. The Hall–Kier alpha value is -2.20. The van der Waals surface area contributed by atoms with Crippen LogP contribution in [0.3, 0.4) is 0 Å². The van der Waals surface area contributed by atoms with Crippen molar-refractivity contribution in [1.29, 1.82) is 0 Å². The topological polar surface area (TPSA) is 62.2 Å².